The molecule has 1 amide bonds. The van der Waals surface area contributed by atoms with Crippen molar-refractivity contribution in [1.29, 1.82) is 0 Å². The van der Waals surface area contributed by atoms with Crippen LogP contribution < -0.4 is 11.1 Å². The Kier molecular flexibility index (Phi) is 5.94. The largest absolute Gasteiger partial charge is 0.481 e. The molecule has 0 bridgehead atoms. The van der Waals surface area contributed by atoms with E-state index in [1.54, 1.807) is 12.1 Å². The van der Waals surface area contributed by atoms with Gasteiger partial charge in [0.25, 0.3) is 0 Å². The fourth-order valence-corrected chi connectivity index (χ4v) is 3.58. The molecule has 0 saturated carbocycles. The fourth-order valence-electron chi connectivity index (χ4n) is 3.41. The van der Waals surface area contributed by atoms with Gasteiger partial charge in [-0.1, -0.05) is 11.6 Å². The average molecular weight is 412 g/mol. The maximum atomic E-state index is 11.5. The monoisotopic (exact) mass is 411 g/mol. The van der Waals surface area contributed by atoms with Crippen LogP contribution in [0, 0.1) is 6.92 Å². The Balaban J connectivity index is 2.22. The van der Waals surface area contributed by atoms with Gasteiger partial charge in [0, 0.05) is 40.3 Å². The summed E-state index contributed by atoms with van der Waals surface area (Å²) in [6.07, 6.45) is 0.385. The first-order chi connectivity index (χ1) is 13.8. The number of rotatable bonds is 7. The van der Waals surface area contributed by atoms with E-state index in [0.717, 1.165) is 33.9 Å². The number of hydrogen-bond donors (Lipinski definition) is 3. The number of carboxylic acid groups (broad SMARTS) is 1. The van der Waals surface area contributed by atoms with Crippen LogP contribution in [0.3, 0.4) is 0 Å². The van der Waals surface area contributed by atoms with E-state index in [9.17, 15) is 9.59 Å². The lowest BCUT2D eigenvalue weighted by atomic mass is 10.1. The summed E-state index contributed by atoms with van der Waals surface area (Å²) in [6.45, 7) is 1.90. The molecule has 0 unspecified atom stereocenters. The highest BCUT2D eigenvalue weighted by Crippen LogP contribution is 2.35. The lowest BCUT2D eigenvalue weighted by molar-refractivity contribution is -0.136. The Morgan fingerprint density at radius 3 is 2.52 bits per heavy atom. The van der Waals surface area contributed by atoms with Gasteiger partial charge in [0.1, 0.15) is 0 Å². The number of hydrogen-bond acceptors (Lipinski definition) is 3. The predicted molar refractivity (Wildman–Crippen MR) is 115 cm³/mol. The molecule has 0 saturated heterocycles. The maximum Gasteiger partial charge on any atom is 0.303 e. The molecule has 0 aliphatic rings. The van der Waals surface area contributed by atoms with Crippen molar-refractivity contribution in [1.82, 2.24) is 4.57 Å². The Labute approximate surface area is 173 Å². The van der Waals surface area contributed by atoms with Gasteiger partial charge in [-0.15, -0.1) is 0 Å². The molecular formula is C22H22ClN3O3. The number of nitrogens with one attached hydrogen (secondary N) is 1. The number of halogens is 1. The first-order valence-electron chi connectivity index (χ1n) is 9.12. The summed E-state index contributed by atoms with van der Waals surface area (Å²) >= 11 is 6.15. The molecule has 4 N–H and O–H groups in total. The summed E-state index contributed by atoms with van der Waals surface area (Å²) in [4.78, 5) is 22.7. The number of carbonyl (C=O) groups is 2. The van der Waals surface area contributed by atoms with Crippen LogP contribution in [0.25, 0.3) is 16.9 Å². The fraction of sp³-hybridized carbons (Fsp3) is 0.182. The highest BCUT2D eigenvalue weighted by molar-refractivity contribution is 6.31. The van der Waals surface area contributed by atoms with Crippen LogP contribution in [0.15, 0.2) is 48.5 Å². The van der Waals surface area contributed by atoms with Crippen molar-refractivity contribution in [2.75, 3.05) is 12.4 Å². The normalized spacial score (nSPS) is 10.7. The van der Waals surface area contributed by atoms with Crippen LogP contribution in [-0.2, 0) is 11.2 Å². The number of nitrogens with two attached hydrogens (primary N) is 1. The Morgan fingerprint density at radius 2 is 1.90 bits per heavy atom. The topological polar surface area (TPSA) is 97.3 Å². The minimum absolute atomic E-state index is 0.0153. The van der Waals surface area contributed by atoms with Crippen molar-refractivity contribution in [3.8, 4) is 16.9 Å². The molecule has 1 aromatic heterocycles. The second kappa shape index (κ2) is 8.41. The molecule has 0 spiro atoms. The van der Waals surface area contributed by atoms with Crippen molar-refractivity contribution < 1.29 is 14.7 Å². The summed E-state index contributed by atoms with van der Waals surface area (Å²) in [7, 11) is 1.82. The maximum absolute atomic E-state index is 11.5. The highest BCUT2D eigenvalue weighted by Gasteiger charge is 2.17. The number of aromatic nitrogens is 1. The molecular weight excluding hydrogens is 390 g/mol. The third kappa shape index (κ3) is 4.27. The number of carbonyl (C=O) groups excluding carboxylic acids is 1. The molecule has 0 fully saturated rings. The van der Waals surface area contributed by atoms with E-state index in [4.69, 9.17) is 22.4 Å². The minimum Gasteiger partial charge on any atom is -0.481 e. The zero-order valence-electron chi connectivity index (χ0n) is 16.2. The van der Waals surface area contributed by atoms with Crippen LogP contribution in [0.5, 0.6) is 0 Å². The van der Waals surface area contributed by atoms with Crippen molar-refractivity contribution in [2.24, 2.45) is 5.73 Å². The second-order valence-electron chi connectivity index (χ2n) is 6.74. The Bertz CT molecular complexity index is 1090. The highest BCUT2D eigenvalue weighted by atomic mass is 35.5. The van der Waals surface area contributed by atoms with E-state index in [0.29, 0.717) is 17.0 Å². The van der Waals surface area contributed by atoms with Gasteiger partial charge in [-0.2, -0.15) is 0 Å². The predicted octanol–water partition coefficient (Wildman–Crippen LogP) is 4.26. The van der Waals surface area contributed by atoms with E-state index in [2.05, 4.69) is 5.32 Å². The number of nitrogens with zero attached hydrogens (tertiary/aromatic N) is 1. The van der Waals surface area contributed by atoms with Gasteiger partial charge < -0.3 is 20.7 Å². The van der Waals surface area contributed by atoms with E-state index in [1.807, 2.05) is 54.9 Å². The third-order valence-corrected chi connectivity index (χ3v) is 5.04. The molecule has 0 aliphatic heterocycles. The van der Waals surface area contributed by atoms with Crippen LogP contribution in [0.4, 0.5) is 5.69 Å². The van der Waals surface area contributed by atoms with Gasteiger partial charge in [-0.3, -0.25) is 9.59 Å². The van der Waals surface area contributed by atoms with E-state index < -0.39 is 11.9 Å². The van der Waals surface area contributed by atoms with Crippen molar-refractivity contribution >= 4 is 29.2 Å². The standard InChI is InChI=1S/C22H22ClN3O3/c1-13-11-14(22(24)29)3-8-19(13)26-16(6-10-21(27)28)5-9-20(26)17-7-4-15(23)12-18(17)25-2/h3-5,7-9,11-12,25H,6,10H2,1-2H3,(H2,24,29)(H,27,28). The van der Waals surface area contributed by atoms with Crippen molar-refractivity contribution in [2.45, 2.75) is 19.8 Å². The summed E-state index contributed by atoms with van der Waals surface area (Å²) in [5, 5.41) is 12.9. The van der Waals surface area contributed by atoms with Gasteiger partial charge >= 0.3 is 5.97 Å². The molecule has 0 radical (unpaired) electrons. The van der Waals surface area contributed by atoms with Gasteiger partial charge in [0.15, 0.2) is 0 Å². The second-order valence-corrected chi connectivity index (χ2v) is 7.18. The summed E-state index contributed by atoms with van der Waals surface area (Å²) in [5.74, 6) is -1.35. The number of anilines is 1. The third-order valence-electron chi connectivity index (χ3n) is 4.81. The van der Waals surface area contributed by atoms with Gasteiger partial charge in [0.05, 0.1) is 12.1 Å². The molecule has 3 rings (SSSR count). The summed E-state index contributed by atoms with van der Waals surface area (Å²) in [6, 6.07) is 14.7. The molecule has 7 heteroatoms. The SMILES string of the molecule is CNc1cc(Cl)ccc1-c1ccc(CCC(=O)O)n1-c1ccc(C(N)=O)cc1C. The first-order valence-corrected chi connectivity index (χ1v) is 9.50. The number of carboxylic acids is 1. The molecule has 6 nitrogen and oxygen atoms in total. The quantitative estimate of drug-likeness (QED) is 0.541. The molecule has 29 heavy (non-hydrogen) atoms. The van der Waals surface area contributed by atoms with Crippen LogP contribution >= 0.6 is 11.6 Å². The number of primary amides is 1. The van der Waals surface area contributed by atoms with Crippen LogP contribution in [-0.4, -0.2) is 28.6 Å². The van der Waals surface area contributed by atoms with Crippen LogP contribution in [0.1, 0.15) is 28.0 Å². The molecule has 1 heterocycles. The minimum atomic E-state index is -0.859. The number of benzene rings is 2. The first kappa shape index (κ1) is 20.5. The molecule has 0 aliphatic carbocycles. The number of aryl methyl sites for hydroxylation is 2. The molecule has 2 aromatic carbocycles. The van der Waals surface area contributed by atoms with E-state index in [-0.39, 0.29) is 6.42 Å². The summed E-state index contributed by atoms with van der Waals surface area (Å²) < 4.78 is 2.02. The molecule has 0 atom stereocenters. The van der Waals surface area contributed by atoms with Gasteiger partial charge in [-0.05, 0) is 67.4 Å². The zero-order chi connectivity index (χ0) is 21.1. The van der Waals surface area contributed by atoms with Gasteiger partial charge in [-0.25, -0.2) is 0 Å². The zero-order valence-corrected chi connectivity index (χ0v) is 17.0. The van der Waals surface area contributed by atoms with E-state index >= 15 is 0 Å². The van der Waals surface area contributed by atoms with Crippen LogP contribution in [0.2, 0.25) is 5.02 Å². The van der Waals surface area contributed by atoms with Crippen molar-refractivity contribution in [3.63, 3.8) is 0 Å². The average Bonchev–Trinajstić information content (AvgIpc) is 3.09. The molecule has 150 valence electrons. The van der Waals surface area contributed by atoms with Crippen molar-refractivity contribution in [3.05, 3.63) is 70.4 Å². The number of amides is 1. The lowest BCUT2D eigenvalue weighted by Crippen LogP contribution is -2.12. The Morgan fingerprint density at radius 1 is 1.14 bits per heavy atom. The lowest BCUT2D eigenvalue weighted by Gasteiger charge is -2.18. The molecule has 3 aromatic rings. The van der Waals surface area contributed by atoms with E-state index in [1.165, 1.54) is 0 Å². The number of aliphatic carboxylic acids is 1. The van der Waals surface area contributed by atoms with Gasteiger partial charge in [0.2, 0.25) is 5.91 Å². The smallest absolute Gasteiger partial charge is 0.303 e. The Hall–Kier alpha value is -3.25. The summed E-state index contributed by atoms with van der Waals surface area (Å²) in [5.41, 5.74) is 11.1.